The van der Waals surface area contributed by atoms with E-state index in [9.17, 15) is 4.39 Å². The van der Waals surface area contributed by atoms with Gasteiger partial charge in [-0.1, -0.05) is 33.8 Å². The fraction of sp³-hybridized carbons (Fsp3) is 0.400. The smallest absolute Gasteiger partial charge is 0.123 e. The maximum Gasteiger partial charge on any atom is 0.123 e. The van der Waals surface area contributed by atoms with Crippen molar-refractivity contribution < 1.29 is 4.39 Å². The number of hydrogen-bond donors (Lipinski definition) is 0. The molecule has 0 N–H and O–H groups in total. The largest absolute Gasteiger partial charge is 0.249 e. The van der Waals surface area contributed by atoms with Crippen molar-refractivity contribution in [1.82, 2.24) is 4.98 Å². The van der Waals surface area contributed by atoms with Gasteiger partial charge in [0.25, 0.3) is 0 Å². The third-order valence-electron chi connectivity index (χ3n) is 2.92. The SMILES string of the molecule is CC(C)c1ncc(-c2ccc(F)cc2C(C)C)s1. The lowest BCUT2D eigenvalue weighted by Crippen LogP contribution is -1.92. The minimum atomic E-state index is -0.170. The molecule has 0 fully saturated rings. The molecule has 0 saturated carbocycles. The van der Waals surface area contributed by atoms with Crippen LogP contribution in [0.2, 0.25) is 0 Å². The van der Waals surface area contributed by atoms with Gasteiger partial charge < -0.3 is 0 Å². The summed E-state index contributed by atoms with van der Waals surface area (Å²) in [5.74, 6) is 0.572. The Bertz CT molecular complexity index is 543. The first-order chi connectivity index (χ1) is 8.49. The van der Waals surface area contributed by atoms with Crippen LogP contribution < -0.4 is 0 Å². The molecule has 1 heterocycles. The summed E-state index contributed by atoms with van der Waals surface area (Å²) in [7, 11) is 0. The second-order valence-electron chi connectivity index (χ2n) is 5.10. The normalized spacial score (nSPS) is 11.5. The van der Waals surface area contributed by atoms with Crippen LogP contribution in [0, 0.1) is 5.82 Å². The van der Waals surface area contributed by atoms with Gasteiger partial charge >= 0.3 is 0 Å². The van der Waals surface area contributed by atoms with E-state index < -0.39 is 0 Å². The first-order valence-corrected chi connectivity index (χ1v) is 7.06. The zero-order chi connectivity index (χ0) is 13.3. The molecule has 0 aliphatic carbocycles. The molecule has 0 bridgehead atoms. The molecular formula is C15H18FNS. The summed E-state index contributed by atoms with van der Waals surface area (Å²) < 4.78 is 13.3. The Balaban J connectivity index is 2.49. The highest BCUT2D eigenvalue weighted by Crippen LogP contribution is 2.35. The number of hydrogen-bond acceptors (Lipinski definition) is 2. The second-order valence-corrected chi connectivity index (χ2v) is 6.17. The zero-order valence-electron chi connectivity index (χ0n) is 11.2. The maximum atomic E-state index is 13.3. The van der Waals surface area contributed by atoms with E-state index in [0.717, 1.165) is 21.0 Å². The number of nitrogens with zero attached hydrogens (tertiary/aromatic N) is 1. The van der Waals surface area contributed by atoms with Gasteiger partial charge in [0.1, 0.15) is 5.82 Å². The van der Waals surface area contributed by atoms with E-state index in [1.54, 1.807) is 17.4 Å². The monoisotopic (exact) mass is 263 g/mol. The third-order valence-corrected chi connectivity index (χ3v) is 4.25. The fourth-order valence-electron chi connectivity index (χ4n) is 1.91. The van der Waals surface area contributed by atoms with Crippen LogP contribution in [0.1, 0.15) is 50.1 Å². The van der Waals surface area contributed by atoms with Crippen molar-refractivity contribution >= 4 is 11.3 Å². The molecule has 1 aromatic carbocycles. The van der Waals surface area contributed by atoms with Crippen LogP contribution in [0.3, 0.4) is 0 Å². The molecule has 0 aliphatic rings. The molecule has 0 unspecified atom stereocenters. The van der Waals surface area contributed by atoms with Crippen molar-refractivity contribution in [1.29, 1.82) is 0 Å². The standard InChI is InChI=1S/C15H18FNS/c1-9(2)13-7-11(16)5-6-12(13)14-8-17-15(18-14)10(3)4/h5-10H,1-4H3. The van der Waals surface area contributed by atoms with E-state index in [-0.39, 0.29) is 5.82 Å². The van der Waals surface area contributed by atoms with Crippen LogP contribution >= 0.6 is 11.3 Å². The molecule has 2 aromatic rings. The Morgan fingerprint density at radius 3 is 2.39 bits per heavy atom. The van der Waals surface area contributed by atoms with Crippen LogP contribution in [0.15, 0.2) is 24.4 Å². The third kappa shape index (κ3) is 2.61. The molecule has 0 radical (unpaired) electrons. The van der Waals surface area contributed by atoms with E-state index in [1.165, 1.54) is 6.07 Å². The van der Waals surface area contributed by atoms with Crippen molar-refractivity contribution in [2.45, 2.75) is 39.5 Å². The number of benzene rings is 1. The van der Waals surface area contributed by atoms with Crippen molar-refractivity contribution in [3.05, 3.63) is 40.8 Å². The van der Waals surface area contributed by atoms with Gasteiger partial charge in [0.2, 0.25) is 0 Å². The summed E-state index contributed by atoms with van der Waals surface area (Å²) in [5, 5.41) is 1.13. The highest BCUT2D eigenvalue weighted by atomic mass is 32.1. The number of aromatic nitrogens is 1. The molecule has 0 amide bonds. The van der Waals surface area contributed by atoms with Gasteiger partial charge in [0, 0.05) is 12.1 Å². The molecule has 1 aromatic heterocycles. The number of halogens is 1. The van der Waals surface area contributed by atoms with Gasteiger partial charge in [-0.05, 0) is 29.2 Å². The lowest BCUT2D eigenvalue weighted by Gasteiger charge is -2.11. The predicted octanol–water partition coefficient (Wildman–Crippen LogP) is 5.20. The van der Waals surface area contributed by atoms with Crippen molar-refractivity contribution in [2.75, 3.05) is 0 Å². The Morgan fingerprint density at radius 1 is 1.11 bits per heavy atom. The first-order valence-electron chi connectivity index (χ1n) is 6.24. The van der Waals surface area contributed by atoms with E-state index in [0.29, 0.717) is 11.8 Å². The predicted molar refractivity (Wildman–Crippen MR) is 75.7 cm³/mol. The Kier molecular flexibility index (Phi) is 3.81. The van der Waals surface area contributed by atoms with E-state index in [1.807, 2.05) is 12.3 Å². The van der Waals surface area contributed by atoms with Gasteiger partial charge in [-0.3, -0.25) is 0 Å². The van der Waals surface area contributed by atoms with Gasteiger partial charge in [-0.15, -0.1) is 11.3 Å². The van der Waals surface area contributed by atoms with Crippen LogP contribution in [0.4, 0.5) is 4.39 Å². The Labute approximate surface area is 112 Å². The minimum Gasteiger partial charge on any atom is -0.249 e. The molecule has 1 nitrogen and oxygen atoms in total. The number of rotatable bonds is 3. The average molecular weight is 263 g/mol. The lowest BCUT2D eigenvalue weighted by atomic mass is 9.96. The molecule has 2 rings (SSSR count). The Morgan fingerprint density at radius 2 is 1.83 bits per heavy atom. The molecule has 18 heavy (non-hydrogen) atoms. The quantitative estimate of drug-likeness (QED) is 0.742. The van der Waals surface area contributed by atoms with E-state index in [4.69, 9.17) is 0 Å². The van der Waals surface area contributed by atoms with E-state index in [2.05, 4.69) is 32.7 Å². The zero-order valence-corrected chi connectivity index (χ0v) is 12.0. The van der Waals surface area contributed by atoms with Crippen LogP contribution in [0.5, 0.6) is 0 Å². The highest BCUT2D eigenvalue weighted by Gasteiger charge is 2.13. The van der Waals surface area contributed by atoms with Gasteiger partial charge in [-0.2, -0.15) is 0 Å². The maximum absolute atomic E-state index is 13.3. The summed E-state index contributed by atoms with van der Waals surface area (Å²) in [6, 6.07) is 5.02. The molecule has 0 aliphatic heterocycles. The Hall–Kier alpha value is -1.22. The summed E-state index contributed by atoms with van der Waals surface area (Å²) in [5.41, 5.74) is 2.16. The van der Waals surface area contributed by atoms with Crippen LogP contribution in [-0.4, -0.2) is 4.98 Å². The van der Waals surface area contributed by atoms with Gasteiger partial charge in [-0.25, -0.2) is 9.37 Å². The summed E-state index contributed by atoms with van der Waals surface area (Å²) in [6.45, 7) is 8.44. The summed E-state index contributed by atoms with van der Waals surface area (Å²) in [4.78, 5) is 5.57. The first kappa shape index (κ1) is 13.2. The van der Waals surface area contributed by atoms with Crippen LogP contribution in [-0.2, 0) is 0 Å². The molecular weight excluding hydrogens is 245 g/mol. The fourth-order valence-corrected chi connectivity index (χ4v) is 2.88. The highest BCUT2D eigenvalue weighted by molar-refractivity contribution is 7.15. The molecule has 0 saturated heterocycles. The number of thiazole rings is 1. The molecule has 0 spiro atoms. The lowest BCUT2D eigenvalue weighted by molar-refractivity contribution is 0.623. The van der Waals surface area contributed by atoms with E-state index >= 15 is 0 Å². The summed E-state index contributed by atoms with van der Waals surface area (Å²) >= 11 is 1.70. The molecule has 3 heteroatoms. The van der Waals surface area contributed by atoms with Gasteiger partial charge in [0.15, 0.2) is 0 Å². The van der Waals surface area contributed by atoms with Crippen LogP contribution in [0.25, 0.3) is 10.4 Å². The van der Waals surface area contributed by atoms with Crippen molar-refractivity contribution in [3.63, 3.8) is 0 Å². The van der Waals surface area contributed by atoms with Gasteiger partial charge in [0.05, 0.1) is 9.88 Å². The summed E-state index contributed by atoms with van der Waals surface area (Å²) in [6.07, 6.45) is 1.90. The topological polar surface area (TPSA) is 12.9 Å². The minimum absolute atomic E-state index is 0.170. The molecule has 0 atom stereocenters. The van der Waals surface area contributed by atoms with Crippen molar-refractivity contribution in [2.24, 2.45) is 0 Å². The average Bonchev–Trinajstić information content (AvgIpc) is 2.78. The second kappa shape index (κ2) is 5.19. The van der Waals surface area contributed by atoms with Crippen molar-refractivity contribution in [3.8, 4) is 10.4 Å². The molecule has 96 valence electrons.